The van der Waals surface area contributed by atoms with Gasteiger partial charge in [-0.15, -0.1) is 0 Å². The minimum absolute atomic E-state index is 0.239. The number of carbonyl (C=O) groups excluding carboxylic acids is 2. The fourth-order valence-corrected chi connectivity index (χ4v) is 3.94. The summed E-state index contributed by atoms with van der Waals surface area (Å²) in [5, 5.41) is 3.33. The molecule has 1 aromatic rings. The van der Waals surface area contributed by atoms with Gasteiger partial charge >= 0.3 is 11.9 Å². The quantitative estimate of drug-likeness (QED) is 0.812. The summed E-state index contributed by atoms with van der Waals surface area (Å²) in [7, 11) is 1.38. The highest BCUT2D eigenvalue weighted by Crippen LogP contribution is 2.62. The van der Waals surface area contributed by atoms with Crippen LogP contribution in [0.5, 0.6) is 0 Å². The molecule has 1 heterocycles. The fraction of sp³-hybridized carbons (Fsp3) is 0.529. The minimum atomic E-state index is -0.462. The van der Waals surface area contributed by atoms with Gasteiger partial charge in [-0.2, -0.15) is 0 Å². The van der Waals surface area contributed by atoms with Crippen molar-refractivity contribution in [2.75, 3.05) is 13.7 Å². The standard InChI is InChI=1S/C17H20BrNO4/c1-3-23-15(20)12-13(10-4-6-11(18)7-5-10)19-14(16(21)22-2)17(12)8-9-17/h4-7,12-14,19H,3,8-9H2,1-2H3/t12-,13-,14+/m1/s1. The second kappa shape index (κ2) is 6.24. The Labute approximate surface area is 143 Å². The summed E-state index contributed by atoms with van der Waals surface area (Å²) in [5.74, 6) is -0.916. The van der Waals surface area contributed by atoms with Gasteiger partial charge in [0, 0.05) is 15.9 Å². The third-order valence-electron chi connectivity index (χ3n) is 4.91. The van der Waals surface area contributed by atoms with E-state index < -0.39 is 6.04 Å². The summed E-state index contributed by atoms with van der Waals surface area (Å²) in [4.78, 5) is 24.8. The first-order valence-electron chi connectivity index (χ1n) is 7.79. The maximum atomic E-state index is 12.6. The van der Waals surface area contributed by atoms with Crippen molar-refractivity contribution in [3.8, 4) is 0 Å². The van der Waals surface area contributed by atoms with Gasteiger partial charge in [0.2, 0.25) is 0 Å². The number of benzene rings is 1. The lowest BCUT2D eigenvalue weighted by molar-refractivity contribution is -0.151. The van der Waals surface area contributed by atoms with Crippen molar-refractivity contribution in [2.45, 2.75) is 31.8 Å². The van der Waals surface area contributed by atoms with Crippen LogP contribution in [0.4, 0.5) is 0 Å². The molecule has 2 fully saturated rings. The van der Waals surface area contributed by atoms with Crippen LogP contribution >= 0.6 is 15.9 Å². The van der Waals surface area contributed by atoms with E-state index in [1.54, 1.807) is 6.92 Å². The number of halogens is 1. The second-order valence-corrected chi connectivity index (χ2v) is 7.03. The number of rotatable bonds is 4. The number of esters is 2. The van der Waals surface area contributed by atoms with Gasteiger partial charge in [-0.25, -0.2) is 0 Å². The number of ether oxygens (including phenoxy) is 2. The van der Waals surface area contributed by atoms with E-state index in [-0.39, 0.29) is 29.3 Å². The van der Waals surface area contributed by atoms with E-state index in [1.807, 2.05) is 24.3 Å². The zero-order valence-corrected chi connectivity index (χ0v) is 14.8. The first kappa shape index (κ1) is 16.5. The van der Waals surface area contributed by atoms with Crippen molar-refractivity contribution >= 4 is 27.9 Å². The Balaban J connectivity index is 1.97. The normalized spacial score (nSPS) is 27.7. The lowest BCUT2D eigenvalue weighted by Gasteiger charge is -2.23. The number of hydrogen-bond acceptors (Lipinski definition) is 5. The molecule has 0 bridgehead atoms. The average molecular weight is 382 g/mol. The molecule has 3 atom stereocenters. The molecular formula is C17H20BrNO4. The van der Waals surface area contributed by atoms with Gasteiger partial charge in [0.05, 0.1) is 19.6 Å². The minimum Gasteiger partial charge on any atom is -0.468 e. The molecule has 0 amide bonds. The van der Waals surface area contributed by atoms with Crippen molar-refractivity contribution in [3.05, 3.63) is 34.3 Å². The zero-order valence-electron chi connectivity index (χ0n) is 13.2. The van der Waals surface area contributed by atoms with Crippen LogP contribution in [0.25, 0.3) is 0 Å². The van der Waals surface area contributed by atoms with E-state index in [9.17, 15) is 9.59 Å². The van der Waals surface area contributed by atoms with Gasteiger partial charge in [-0.1, -0.05) is 28.1 Å². The van der Waals surface area contributed by atoms with Crippen LogP contribution in [0.2, 0.25) is 0 Å². The Kier molecular flexibility index (Phi) is 4.47. The predicted octanol–water partition coefficient (Wildman–Crippen LogP) is 2.59. The molecule has 1 aromatic carbocycles. The van der Waals surface area contributed by atoms with E-state index in [0.29, 0.717) is 6.61 Å². The maximum absolute atomic E-state index is 12.6. The molecule has 1 saturated carbocycles. The molecule has 3 rings (SSSR count). The Bertz CT molecular complexity index is 612. The predicted molar refractivity (Wildman–Crippen MR) is 87.6 cm³/mol. The third kappa shape index (κ3) is 2.78. The van der Waals surface area contributed by atoms with Crippen LogP contribution in [0, 0.1) is 11.3 Å². The maximum Gasteiger partial charge on any atom is 0.323 e. The largest absolute Gasteiger partial charge is 0.468 e. The van der Waals surface area contributed by atoms with E-state index >= 15 is 0 Å². The molecule has 1 spiro atoms. The van der Waals surface area contributed by atoms with Crippen LogP contribution in [0.1, 0.15) is 31.4 Å². The SMILES string of the molecule is CCOC(=O)[C@H]1[C@@H](c2ccc(Br)cc2)N[C@@H](C(=O)OC)C12CC2. The molecule has 0 aromatic heterocycles. The number of methoxy groups -OCH3 is 1. The van der Waals surface area contributed by atoms with Crippen molar-refractivity contribution in [1.82, 2.24) is 5.32 Å². The zero-order chi connectivity index (χ0) is 16.6. The Morgan fingerprint density at radius 2 is 1.91 bits per heavy atom. The first-order valence-corrected chi connectivity index (χ1v) is 8.59. The summed E-state index contributed by atoms with van der Waals surface area (Å²) in [6.07, 6.45) is 1.66. The smallest absolute Gasteiger partial charge is 0.323 e. The van der Waals surface area contributed by atoms with E-state index in [2.05, 4.69) is 21.2 Å². The van der Waals surface area contributed by atoms with Crippen LogP contribution in [0.15, 0.2) is 28.7 Å². The van der Waals surface area contributed by atoms with Crippen LogP contribution < -0.4 is 5.32 Å². The van der Waals surface area contributed by atoms with Crippen molar-refractivity contribution < 1.29 is 19.1 Å². The van der Waals surface area contributed by atoms with Crippen LogP contribution in [0.3, 0.4) is 0 Å². The molecular weight excluding hydrogens is 362 g/mol. The highest BCUT2D eigenvalue weighted by molar-refractivity contribution is 9.10. The molecule has 0 unspecified atom stereocenters. The third-order valence-corrected chi connectivity index (χ3v) is 5.44. The molecule has 1 saturated heterocycles. The van der Waals surface area contributed by atoms with Crippen LogP contribution in [-0.2, 0) is 19.1 Å². The molecule has 2 aliphatic rings. The van der Waals surface area contributed by atoms with Crippen LogP contribution in [-0.4, -0.2) is 31.7 Å². The molecule has 5 nitrogen and oxygen atoms in total. The Hall–Kier alpha value is -1.40. The van der Waals surface area contributed by atoms with E-state index in [1.165, 1.54) is 7.11 Å². The lowest BCUT2D eigenvalue weighted by Crippen LogP contribution is -2.39. The second-order valence-electron chi connectivity index (χ2n) is 6.11. The molecule has 1 N–H and O–H groups in total. The van der Waals surface area contributed by atoms with Gasteiger partial charge < -0.3 is 9.47 Å². The number of nitrogens with one attached hydrogen (secondary N) is 1. The van der Waals surface area contributed by atoms with Crippen molar-refractivity contribution in [2.24, 2.45) is 11.3 Å². The van der Waals surface area contributed by atoms with Gasteiger partial charge in [0.1, 0.15) is 6.04 Å². The Morgan fingerprint density at radius 1 is 1.26 bits per heavy atom. The lowest BCUT2D eigenvalue weighted by atomic mass is 9.81. The molecule has 6 heteroatoms. The fourth-order valence-electron chi connectivity index (χ4n) is 3.68. The summed E-state index contributed by atoms with van der Waals surface area (Å²) < 4.78 is 11.2. The number of hydrogen-bond donors (Lipinski definition) is 1. The summed E-state index contributed by atoms with van der Waals surface area (Å²) in [6.45, 7) is 2.13. The van der Waals surface area contributed by atoms with Gasteiger partial charge in [0.25, 0.3) is 0 Å². The number of carbonyl (C=O) groups is 2. The summed E-state index contributed by atoms with van der Waals surface area (Å²) >= 11 is 3.42. The van der Waals surface area contributed by atoms with Crippen molar-refractivity contribution in [3.63, 3.8) is 0 Å². The Morgan fingerprint density at radius 3 is 2.43 bits per heavy atom. The average Bonchev–Trinajstić information content (AvgIpc) is 3.24. The molecule has 0 radical (unpaired) electrons. The first-order chi connectivity index (χ1) is 11.0. The summed E-state index contributed by atoms with van der Waals surface area (Å²) in [5.41, 5.74) is 0.598. The van der Waals surface area contributed by atoms with Gasteiger partial charge in [0.15, 0.2) is 0 Å². The molecule has 23 heavy (non-hydrogen) atoms. The van der Waals surface area contributed by atoms with E-state index in [4.69, 9.17) is 9.47 Å². The van der Waals surface area contributed by atoms with Gasteiger partial charge in [-0.05, 0) is 37.5 Å². The van der Waals surface area contributed by atoms with Gasteiger partial charge in [-0.3, -0.25) is 14.9 Å². The molecule has 1 aliphatic heterocycles. The highest BCUT2D eigenvalue weighted by Gasteiger charge is 2.67. The highest BCUT2D eigenvalue weighted by atomic mass is 79.9. The molecule has 1 aliphatic carbocycles. The topological polar surface area (TPSA) is 64.6 Å². The van der Waals surface area contributed by atoms with Crippen molar-refractivity contribution in [1.29, 1.82) is 0 Å². The molecule has 124 valence electrons. The monoisotopic (exact) mass is 381 g/mol. The summed E-state index contributed by atoms with van der Waals surface area (Å²) in [6, 6.07) is 7.09. The van der Waals surface area contributed by atoms with E-state index in [0.717, 1.165) is 22.9 Å².